The van der Waals surface area contributed by atoms with E-state index in [0.29, 0.717) is 27.0 Å². The van der Waals surface area contributed by atoms with Crippen molar-refractivity contribution in [3.05, 3.63) is 62.7 Å². The van der Waals surface area contributed by atoms with Gasteiger partial charge in [0.05, 0.1) is 18.4 Å². The van der Waals surface area contributed by atoms with E-state index in [1.807, 2.05) is 0 Å². The lowest BCUT2D eigenvalue weighted by Crippen LogP contribution is -2.12. The van der Waals surface area contributed by atoms with Gasteiger partial charge in [0.2, 0.25) is 0 Å². The fourth-order valence-electron chi connectivity index (χ4n) is 2.38. The molecular weight excluding hydrogens is 387 g/mol. The summed E-state index contributed by atoms with van der Waals surface area (Å²) in [6, 6.07) is 4.96. The molecule has 2 heterocycles. The highest BCUT2D eigenvalue weighted by molar-refractivity contribution is 6.33. The van der Waals surface area contributed by atoms with Gasteiger partial charge in [-0.3, -0.25) is 4.98 Å². The summed E-state index contributed by atoms with van der Waals surface area (Å²) in [5, 5.41) is 10.3. The van der Waals surface area contributed by atoms with Gasteiger partial charge >= 0.3 is 5.97 Å². The molecular formula is C16H11Cl3N4O2. The van der Waals surface area contributed by atoms with E-state index in [2.05, 4.69) is 15.0 Å². The van der Waals surface area contributed by atoms with Gasteiger partial charge in [-0.2, -0.15) is 0 Å². The topological polar surface area (TPSA) is 80.9 Å². The van der Waals surface area contributed by atoms with E-state index in [-0.39, 0.29) is 23.2 Å². The second kappa shape index (κ2) is 7.00. The van der Waals surface area contributed by atoms with Crippen LogP contribution in [0.5, 0.6) is 0 Å². The van der Waals surface area contributed by atoms with Crippen molar-refractivity contribution in [1.82, 2.24) is 19.5 Å². The number of carbonyl (C=O) groups is 1. The number of hydrogen-bond donors (Lipinski definition) is 1. The zero-order chi connectivity index (χ0) is 18.1. The molecule has 0 radical (unpaired) electrons. The van der Waals surface area contributed by atoms with E-state index < -0.39 is 5.97 Å². The van der Waals surface area contributed by atoms with Gasteiger partial charge in [0.25, 0.3) is 0 Å². The van der Waals surface area contributed by atoms with Crippen LogP contribution in [0.2, 0.25) is 15.2 Å². The van der Waals surface area contributed by atoms with Gasteiger partial charge in [-0.1, -0.05) is 34.8 Å². The quantitative estimate of drug-likeness (QED) is 0.707. The summed E-state index contributed by atoms with van der Waals surface area (Å²) in [5.74, 6) is -0.919. The number of nitrogens with zero attached hydrogens (tertiary/aromatic N) is 4. The molecule has 0 spiro atoms. The molecule has 0 bridgehead atoms. The third-order valence-corrected chi connectivity index (χ3v) is 4.32. The zero-order valence-corrected chi connectivity index (χ0v) is 15.1. The van der Waals surface area contributed by atoms with Crippen LogP contribution in [-0.4, -0.2) is 30.6 Å². The fourth-order valence-corrected chi connectivity index (χ4v) is 3.02. The Kier molecular flexibility index (Phi) is 4.94. The highest BCUT2D eigenvalue weighted by Gasteiger charge is 2.24. The van der Waals surface area contributed by atoms with E-state index in [9.17, 15) is 9.90 Å². The second-order valence-corrected chi connectivity index (χ2v) is 6.45. The summed E-state index contributed by atoms with van der Waals surface area (Å²) < 4.78 is 1.44. The number of rotatable bonds is 4. The molecule has 0 aliphatic rings. The Bertz CT molecular complexity index is 972. The van der Waals surface area contributed by atoms with Gasteiger partial charge in [0.15, 0.2) is 16.7 Å². The maximum absolute atomic E-state index is 11.7. The Labute approximate surface area is 158 Å². The molecule has 0 fully saturated rings. The maximum Gasteiger partial charge on any atom is 0.355 e. The minimum absolute atomic E-state index is 0.117. The first kappa shape index (κ1) is 17.7. The van der Waals surface area contributed by atoms with Crippen LogP contribution < -0.4 is 0 Å². The van der Waals surface area contributed by atoms with Gasteiger partial charge in [0.1, 0.15) is 5.69 Å². The van der Waals surface area contributed by atoms with Crippen molar-refractivity contribution in [2.45, 2.75) is 13.5 Å². The Hall–Kier alpha value is -2.15. The van der Waals surface area contributed by atoms with Crippen LogP contribution in [0.25, 0.3) is 11.5 Å². The number of aryl methyl sites for hydroxylation is 1. The molecule has 0 saturated carbocycles. The van der Waals surface area contributed by atoms with Crippen LogP contribution in [0.3, 0.4) is 0 Å². The van der Waals surface area contributed by atoms with Gasteiger partial charge in [-0.05, 0) is 30.7 Å². The monoisotopic (exact) mass is 396 g/mol. The molecule has 0 atom stereocenters. The molecule has 0 aliphatic heterocycles. The molecule has 3 rings (SSSR count). The number of carboxylic acid groups (broad SMARTS) is 1. The second-order valence-electron chi connectivity index (χ2n) is 5.25. The Balaban J connectivity index is 2.19. The molecule has 6 nitrogen and oxygen atoms in total. The molecule has 0 aliphatic carbocycles. The molecule has 128 valence electrons. The predicted molar refractivity (Wildman–Crippen MR) is 95.5 cm³/mol. The summed E-state index contributed by atoms with van der Waals surface area (Å²) in [6.45, 7) is 1.89. The lowest BCUT2D eigenvalue weighted by molar-refractivity contribution is 0.0686. The number of hydrogen-bond acceptors (Lipinski definition) is 4. The summed E-state index contributed by atoms with van der Waals surface area (Å²) in [4.78, 5) is 24.2. The van der Waals surface area contributed by atoms with Crippen molar-refractivity contribution >= 4 is 40.8 Å². The maximum atomic E-state index is 11.7. The molecule has 0 amide bonds. The van der Waals surface area contributed by atoms with Gasteiger partial charge in [0, 0.05) is 16.2 Å². The molecule has 1 N–H and O–H groups in total. The van der Waals surface area contributed by atoms with Crippen LogP contribution in [-0.2, 0) is 6.54 Å². The van der Waals surface area contributed by atoms with E-state index in [1.54, 1.807) is 31.3 Å². The Morgan fingerprint density at radius 3 is 2.64 bits per heavy atom. The number of benzene rings is 1. The smallest absolute Gasteiger partial charge is 0.355 e. The normalized spacial score (nSPS) is 10.9. The summed E-state index contributed by atoms with van der Waals surface area (Å²) in [7, 11) is 0. The minimum Gasteiger partial charge on any atom is -0.476 e. The summed E-state index contributed by atoms with van der Waals surface area (Å²) in [5.41, 5.74) is 1.55. The standard InChI is InChI=1S/C16H11Cl3N4O2/c1-8-5-20-6-12(21-8)15-22-14(19)13(16(24)25)23(15)7-9-4-10(17)2-3-11(9)18/h2-6H,7H2,1H3,(H,24,25). The van der Waals surface area contributed by atoms with Gasteiger partial charge in [-0.25, -0.2) is 14.8 Å². The average Bonchev–Trinajstić information content (AvgIpc) is 2.87. The third kappa shape index (κ3) is 3.61. The molecule has 2 aromatic heterocycles. The number of halogens is 3. The third-order valence-electron chi connectivity index (χ3n) is 3.45. The summed E-state index contributed by atoms with van der Waals surface area (Å²) >= 11 is 18.3. The highest BCUT2D eigenvalue weighted by atomic mass is 35.5. The van der Waals surface area contributed by atoms with Crippen molar-refractivity contribution in [2.75, 3.05) is 0 Å². The van der Waals surface area contributed by atoms with Crippen LogP contribution >= 0.6 is 34.8 Å². The van der Waals surface area contributed by atoms with Crippen LogP contribution in [0.1, 0.15) is 21.7 Å². The fraction of sp³-hybridized carbons (Fsp3) is 0.125. The SMILES string of the molecule is Cc1cncc(-c2nc(Cl)c(C(=O)O)n2Cc2cc(Cl)ccc2Cl)n1. The predicted octanol–water partition coefficient (Wildman–Crippen LogP) is 4.36. The highest BCUT2D eigenvalue weighted by Crippen LogP contribution is 2.28. The van der Waals surface area contributed by atoms with Gasteiger partial charge < -0.3 is 9.67 Å². The van der Waals surface area contributed by atoms with E-state index in [1.165, 1.54) is 10.8 Å². The Morgan fingerprint density at radius 2 is 1.96 bits per heavy atom. The van der Waals surface area contributed by atoms with Crippen molar-refractivity contribution in [3.8, 4) is 11.5 Å². The molecule has 0 saturated heterocycles. The first-order valence-corrected chi connectivity index (χ1v) is 8.22. The lowest BCUT2D eigenvalue weighted by Gasteiger charge is -2.11. The molecule has 3 aromatic rings. The number of carboxylic acids is 1. The molecule has 1 aromatic carbocycles. The van der Waals surface area contributed by atoms with Crippen molar-refractivity contribution in [3.63, 3.8) is 0 Å². The first-order chi connectivity index (χ1) is 11.9. The minimum atomic E-state index is -1.21. The molecule has 9 heteroatoms. The van der Waals surface area contributed by atoms with Crippen molar-refractivity contribution < 1.29 is 9.90 Å². The van der Waals surface area contributed by atoms with Gasteiger partial charge in [-0.15, -0.1) is 0 Å². The van der Waals surface area contributed by atoms with Crippen molar-refractivity contribution in [1.29, 1.82) is 0 Å². The van der Waals surface area contributed by atoms with Crippen molar-refractivity contribution in [2.24, 2.45) is 0 Å². The van der Waals surface area contributed by atoms with E-state index >= 15 is 0 Å². The largest absolute Gasteiger partial charge is 0.476 e. The summed E-state index contributed by atoms with van der Waals surface area (Å²) in [6.07, 6.45) is 3.08. The zero-order valence-electron chi connectivity index (χ0n) is 12.9. The number of imidazole rings is 1. The number of aromatic carboxylic acids is 1. The lowest BCUT2D eigenvalue weighted by atomic mass is 10.2. The average molecular weight is 398 g/mol. The molecule has 0 unspecified atom stereocenters. The Morgan fingerprint density at radius 1 is 1.20 bits per heavy atom. The van der Waals surface area contributed by atoms with E-state index in [4.69, 9.17) is 34.8 Å². The van der Waals surface area contributed by atoms with Crippen LogP contribution in [0.15, 0.2) is 30.6 Å². The van der Waals surface area contributed by atoms with Crippen LogP contribution in [0, 0.1) is 6.92 Å². The van der Waals surface area contributed by atoms with E-state index in [0.717, 1.165) is 0 Å². The molecule has 25 heavy (non-hydrogen) atoms. The number of aromatic nitrogens is 4. The van der Waals surface area contributed by atoms with Crippen LogP contribution in [0.4, 0.5) is 0 Å². The first-order valence-electron chi connectivity index (χ1n) is 7.09.